The van der Waals surface area contributed by atoms with Gasteiger partial charge in [0.05, 0.1) is 7.11 Å². The summed E-state index contributed by atoms with van der Waals surface area (Å²) in [6.07, 6.45) is 0. The van der Waals surface area contributed by atoms with Crippen LogP contribution in [0.1, 0.15) is 5.56 Å². The number of fused-ring (bicyclic) bond motifs is 3. The zero-order valence-electron chi connectivity index (χ0n) is 15.6. The second kappa shape index (κ2) is 8.15. The van der Waals surface area contributed by atoms with E-state index in [0.29, 0.717) is 36.8 Å². The third-order valence-electron chi connectivity index (χ3n) is 4.64. The normalized spacial score (nSPS) is 11.0. The van der Waals surface area contributed by atoms with Crippen LogP contribution in [0.3, 0.4) is 0 Å². The molecule has 3 aromatic carbocycles. The van der Waals surface area contributed by atoms with Gasteiger partial charge >= 0.3 is 5.63 Å². The van der Waals surface area contributed by atoms with Crippen molar-refractivity contribution in [2.24, 2.45) is 0 Å². The molecule has 0 radical (unpaired) electrons. The molecule has 28 heavy (non-hydrogen) atoms. The number of methoxy groups -OCH3 is 1. The summed E-state index contributed by atoms with van der Waals surface area (Å²) in [7, 11) is 1.62. The molecule has 1 N–H and O–H groups in total. The topological polar surface area (TPSA) is 60.7 Å². The monoisotopic (exact) mass is 375 g/mol. The van der Waals surface area contributed by atoms with Gasteiger partial charge in [0.2, 0.25) is 0 Å². The summed E-state index contributed by atoms with van der Waals surface area (Å²) in [5, 5.41) is 6.51. The van der Waals surface area contributed by atoms with E-state index >= 15 is 0 Å². The Labute approximate surface area is 162 Å². The molecule has 4 rings (SSSR count). The van der Waals surface area contributed by atoms with Crippen LogP contribution in [0.4, 0.5) is 0 Å². The quantitative estimate of drug-likeness (QED) is 0.299. The van der Waals surface area contributed by atoms with Gasteiger partial charge in [-0.15, -0.1) is 0 Å². The molecule has 0 saturated heterocycles. The molecule has 0 aliphatic carbocycles. The van der Waals surface area contributed by atoms with Crippen molar-refractivity contribution in [3.05, 3.63) is 82.7 Å². The van der Waals surface area contributed by atoms with Gasteiger partial charge < -0.3 is 19.2 Å². The summed E-state index contributed by atoms with van der Waals surface area (Å²) in [4.78, 5) is 12.0. The van der Waals surface area contributed by atoms with Crippen LogP contribution in [0.2, 0.25) is 0 Å². The standard InChI is InChI=1S/C23H21NO4/c1-26-19-8-4-5-9-20(19)27-13-12-24-15-17-14-22(25)28-21-11-10-16-6-2-3-7-18(16)23(17)21/h2-11,14,24H,12-13,15H2,1H3. The smallest absolute Gasteiger partial charge is 0.336 e. The van der Waals surface area contributed by atoms with Crippen LogP contribution in [0.5, 0.6) is 11.5 Å². The van der Waals surface area contributed by atoms with E-state index in [1.54, 1.807) is 13.2 Å². The van der Waals surface area contributed by atoms with Gasteiger partial charge in [0.15, 0.2) is 11.5 Å². The second-order valence-corrected chi connectivity index (χ2v) is 6.43. The molecule has 0 unspecified atom stereocenters. The highest BCUT2D eigenvalue weighted by molar-refractivity contribution is 6.07. The molecule has 1 heterocycles. The highest BCUT2D eigenvalue weighted by Crippen LogP contribution is 2.27. The molecule has 0 saturated carbocycles. The first-order valence-corrected chi connectivity index (χ1v) is 9.17. The molecular formula is C23H21NO4. The number of nitrogens with one attached hydrogen (secondary N) is 1. The molecule has 142 valence electrons. The van der Waals surface area contributed by atoms with Crippen LogP contribution >= 0.6 is 0 Å². The lowest BCUT2D eigenvalue weighted by Gasteiger charge is -2.12. The molecule has 0 aliphatic rings. The Bertz CT molecular complexity index is 1170. The highest BCUT2D eigenvalue weighted by atomic mass is 16.5. The molecule has 0 spiro atoms. The van der Waals surface area contributed by atoms with Crippen molar-refractivity contribution in [3.63, 3.8) is 0 Å². The molecule has 0 fully saturated rings. The van der Waals surface area contributed by atoms with Crippen LogP contribution in [0.25, 0.3) is 21.7 Å². The van der Waals surface area contributed by atoms with Crippen LogP contribution in [0.15, 0.2) is 75.9 Å². The first-order valence-electron chi connectivity index (χ1n) is 9.17. The van der Waals surface area contributed by atoms with Crippen molar-refractivity contribution in [2.45, 2.75) is 6.54 Å². The summed E-state index contributed by atoms with van der Waals surface area (Å²) >= 11 is 0. The highest BCUT2D eigenvalue weighted by Gasteiger charge is 2.09. The number of benzene rings is 3. The minimum atomic E-state index is -0.343. The van der Waals surface area contributed by atoms with Crippen LogP contribution < -0.4 is 20.4 Å². The molecule has 5 nitrogen and oxygen atoms in total. The first-order chi connectivity index (χ1) is 13.8. The molecule has 0 aliphatic heterocycles. The van der Waals surface area contributed by atoms with Gasteiger partial charge in [-0.25, -0.2) is 4.79 Å². The van der Waals surface area contributed by atoms with Crippen molar-refractivity contribution in [1.29, 1.82) is 0 Å². The van der Waals surface area contributed by atoms with E-state index in [-0.39, 0.29) is 5.63 Å². The molecule has 1 aromatic heterocycles. The fourth-order valence-corrected chi connectivity index (χ4v) is 3.35. The van der Waals surface area contributed by atoms with Crippen LogP contribution in [0, 0.1) is 0 Å². The summed E-state index contributed by atoms with van der Waals surface area (Å²) < 4.78 is 16.5. The minimum Gasteiger partial charge on any atom is -0.493 e. The molecule has 0 amide bonds. The number of rotatable bonds is 7. The number of para-hydroxylation sites is 2. The maximum absolute atomic E-state index is 12.0. The SMILES string of the molecule is COc1ccccc1OCCNCc1cc(=O)oc2ccc3ccccc3c12. The van der Waals surface area contributed by atoms with Gasteiger partial charge in [-0.2, -0.15) is 0 Å². The first kappa shape index (κ1) is 18.1. The summed E-state index contributed by atoms with van der Waals surface area (Å²) in [6.45, 7) is 1.66. The van der Waals surface area contributed by atoms with Crippen molar-refractivity contribution >= 4 is 21.7 Å². The summed E-state index contributed by atoms with van der Waals surface area (Å²) in [5.74, 6) is 1.42. The fraction of sp³-hybridized carbons (Fsp3) is 0.174. The molecule has 4 aromatic rings. The Hall–Kier alpha value is -3.31. The predicted molar refractivity (Wildman–Crippen MR) is 110 cm³/mol. The molecule has 0 bridgehead atoms. The lowest BCUT2D eigenvalue weighted by Crippen LogP contribution is -2.21. The van der Waals surface area contributed by atoms with E-state index in [1.165, 1.54) is 0 Å². The van der Waals surface area contributed by atoms with Crippen LogP contribution in [-0.2, 0) is 6.54 Å². The lowest BCUT2D eigenvalue weighted by molar-refractivity contribution is 0.292. The molecular weight excluding hydrogens is 354 g/mol. The van der Waals surface area contributed by atoms with Crippen molar-refractivity contribution in [1.82, 2.24) is 5.32 Å². The Balaban J connectivity index is 1.49. The Morgan fingerprint density at radius 3 is 2.61 bits per heavy atom. The van der Waals surface area contributed by atoms with E-state index in [1.807, 2.05) is 54.6 Å². The Morgan fingerprint density at radius 1 is 0.964 bits per heavy atom. The van der Waals surface area contributed by atoms with Crippen molar-refractivity contribution < 1.29 is 13.9 Å². The number of hydrogen-bond acceptors (Lipinski definition) is 5. The van der Waals surface area contributed by atoms with Gasteiger partial charge in [-0.05, 0) is 34.5 Å². The second-order valence-electron chi connectivity index (χ2n) is 6.43. The Kier molecular flexibility index (Phi) is 5.26. The van der Waals surface area contributed by atoms with Crippen molar-refractivity contribution in [3.8, 4) is 11.5 Å². The van der Waals surface area contributed by atoms with E-state index < -0.39 is 0 Å². The van der Waals surface area contributed by atoms with Gasteiger partial charge in [0, 0.05) is 24.5 Å². The Morgan fingerprint density at radius 2 is 1.75 bits per heavy atom. The lowest BCUT2D eigenvalue weighted by atomic mass is 10.0. The maximum Gasteiger partial charge on any atom is 0.336 e. The van der Waals surface area contributed by atoms with E-state index in [4.69, 9.17) is 13.9 Å². The number of hydrogen-bond donors (Lipinski definition) is 1. The fourth-order valence-electron chi connectivity index (χ4n) is 3.35. The van der Waals surface area contributed by atoms with Gasteiger partial charge in [0.25, 0.3) is 0 Å². The largest absolute Gasteiger partial charge is 0.493 e. The average molecular weight is 375 g/mol. The van der Waals surface area contributed by atoms with Gasteiger partial charge in [-0.1, -0.05) is 42.5 Å². The van der Waals surface area contributed by atoms with Crippen LogP contribution in [-0.4, -0.2) is 20.3 Å². The molecule has 5 heteroatoms. The predicted octanol–water partition coefficient (Wildman–Crippen LogP) is 4.12. The average Bonchev–Trinajstić information content (AvgIpc) is 2.73. The van der Waals surface area contributed by atoms with Gasteiger partial charge in [0.1, 0.15) is 12.2 Å². The van der Waals surface area contributed by atoms with Crippen molar-refractivity contribution in [2.75, 3.05) is 20.3 Å². The van der Waals surface area contributed by atoms with E-state index in [2.05, 4.69) is 11.4 Å². The molecule has 0 atom stereocenters. The van der Waals surface area contributed by atoms with E-state index in [9.17, 15) is 4.79 Å². The third-order valence-corrected chi connectivity index (χ3v) is 4.64. The number of ether oxygens (including phenoxy) is 2. The van der Waals surface area contributed by atoms with E-state index in [0.717, 1.165) is 21.7 Å². The third kappa shape index (κ3) is 3.70. The zero-order chi connectivity index (χ0) is 19.3. The zero-order valence-corrected chi connectivity index (χ0v) is 15.6. The van der Waals surface area contributed by atoms with Gasteiger partial charge in [-0.3, -0.25) is 0 Å². The maximum atomic E-state index is 12.0. The summed E-state index contributed by atoms with van der Waals surface area (Å²) in [5.41, 5.74) is 1.18. The minimum absolute atomic E-state index is 0.343. The summed E-state index contributed by atoms with van der Waals surface area (Å²) in [6, 6.07) is 21.0.